The number of aryl methyl sites for hydroxylation is 1. The number of hydrogen-bond donors (Lipinski definition) is 1. The van der Waals surface area contributed by atoms with Crippen LogP contribution in [0.4, 0.5) is 0 Å². The van der Waals surface area contributed by atoms with E-state index in [0.717, 1.165) is 16.7 Å². The quantitative estimate of drug-likeness (QED) is 0.360. The fourth-order valence-electron chi connectivity index (χ4n) is 7.84. The Labute approximate surface area is 244 Å². The summed E-state index contributed by atoms with van der Waals surface area (Å²) in [6.45, 7) is 2.20. The van der Waals surface area contributed by atoms with Crippen LogP contribution in [0, 0.1) is 36.5 Å². The number of benzene rings is 3. The van der Waals surface area contributed by atoms with Gasteiger partial charge in [-0.15, -0.1) is 0 Å². The van der Waals surface area contributed by atoms with Crippen LogP contribution in [0.3, 0.4) is 0 Å². The first-order valence-electron chi connectivity index (χ1n) is 14.6. The van der Waals surface area contributed by atoms with Crippen LogP contribution < -0.4 is 0 Å². The number of aromatic hydroxyl groups is 1. The van der Waals surface area contributed by atoms with Gasteiger partial charge in [-0.2, -0.15) is 0 Å². The fraction of sp³-hybridized carbons (Fsp3) is 0.314. The molecule has 7 rings (SSSR count). The Morgan fingerprint density at radius 2 is 1.24 bits per heavy atom. The molecule has 4 aliphatic rings. The summed E-state index contributed by atoms with van der Waals surface area (Å²) >= 11 is 0. The van der Waals surface area contributed by atoms with E-state index in [9.17, 15) is 24.3 Å². The zero-order valence-corrected chi connectivity index (χ0v) is 23.4. The van der Waals surface area contributed by atoms with Crippen LogP contribution in [-0.4, -0.2) is 38.5 Å². The number of nitrogens with zero attached hydrogens (tertiary/aromatic N) is 2. The van der Waals surface area contributed by atoms with Gasteiger partial charge in [0.2, 0.25) is 23.6 Å². The average Bonchev–Trinajstić information content (AvgIpc) is 3.39. The van der Waals surface area contributed by atoms with Gasteiger partial charge < -0.3 is 5.11 Å². The number of allylic oxidation sites excluding steroid dienone is 2. The van der Waals surface area contributed by atoms with Crippen molar-refractivity contribution >= 4 is 23.6 Å². The largest absolute Gasteiger partial charge is 0.507 e. The highest BCUT2D eigenvalue weighted by atomic mass is 16.3. The summed E-state index contributed by atoms with van der Waals surface area (Å²) in [4.78, 5) is 58.3. The molecule has 3 aromatic rings. The van der Waals surface area contributed by atoms with Gasteiger partial charge in [-0.05, 0) is 42.4 Å². The van der Waals surface area contributed by atoms with Crippen molar-refractivity contribution in [3.8, 4) is 5.75 Å². The standard InChI is InChI=1S/C35H32N2O5/c1-20-9-8-14-24(31(20)38)28-23-15-16-25-29(34(41)36(32(25)39)18-21-10-4-2-5-11-21)26(23)17-27-30(28)35(42)37(33(27)40)19-22-12-6-3-7-13-22/h2-15,25-30,38H,16-19H2,1H3. The van der Waals surface area contributed by atoms with Crippen molar-refractivity contribution in [3.05, 3.63) is 113 Å². The predicted molar refractivity (Wildman–Crippen MR) is 154 cm³/mol. The summed E-state index contributed by atoms with van der Waals surface area (Å²) in [5.74, 6) is -4.13. The summed E-state index contributed by atoms with van der Waals surface area (Å²) in [6, 6.07) is 24.4. The van der Waals surface area contributed by atoms with Crippen LogP contribution >= 0.6 is 0 Å². The number of fused-ring (bicyclic) bond motifs is 4. The van der Waals surface area contributed by atoms with E-state index in [1.807, 2.05) is 91.9 Å². The SMILES string of the molecule is Cc1cccc(C2C3=CCC4C(=O)N(Cc5ccccc5)C(=O)C4C3CC3C(=O)N(Cc4ccccc4)C(=O)C32)c1O. The molecule has 42 heavy (non-hydrogen) atoms. The van der Waals surface area contributed by atoms with Crippen molar-refractivity contribution in [3.63, 3.8) is 0 Å². The van der Waals surface area contributed by atoms with Gasteiger partial charge in [0.15, 0.2) is 0 Å². The summed E-state index contributed by atoms with van der Waals surface area (Å²) in [5.41, 5.74) is 3.91. The number of carbonyl (C=O) groups is 4. The third-order valence-electron chi connectivity index (χ3n) is 9.80. The van der Waals surface area contributed by atoms with E-state index in [-0.39, 0.29) is 48.4 Å². The second kappa shape index (κ2) is 10.1. The van der Waals surface area contributed by atoms with Crippen LogP contribution in [0.15, 0.2) is 90.5 Å². The molecule has 2 saturated heterocycles. The Morgan fingerprint density at radius 1 is 0.667 bits per heavy atom. The lowest BCUT2D eigenvalue weighted by atomic mass is 9.57. The normalized spacial score (nSPS) is 28.5. The van der Waals surface area contributed by atoms with Gasteiger partial charge in [-0.25, -0.2) is 0 Å². The zero-order chi connectivity index (χ0) is 29.1. The second-order valence-corrected chi connectivity index (χ2v) is 12.0. The minimum Gasteiger partial charge on any atom is -0.507 e. The highest BCUT2D eigenvalue weighted by Crippen LogP contribution is 2.59. The molecule has 3 aromatic carbocycles. The van der Waals surface area contributed by atoms with E-state index < -0.39 is 29.6 Å². The van der Waals surface area contributed by atoms with Crippen LogP contribution in [0.1, 0.15) is 41.0 Å². The predicted octanol–water partition coefficient (Wildman–Crippen LogP) is 4.74. The topological polar surface area (TPSA) is 95.0 Å². The summed E-state index contributed by atoms with van der Waals surface area (Å²) in [7, 11) is 0. The fourth-order valence-corrected chi connectivity index (χ4v) is 7.84. The molecule has 2 aliphatic heterocycles. The molecule has 0 spiro atoms. The van der Waals surface area contributed by atoms with E-state index in [4.69, 9.17) is 0 Å². The minimum absolute atomic E-state index is 0.103. The van der Waals surface area contributed by atoms with Gasteiger partial charge in [-0.1, -0.05) is 90.5 Å². The first-order valence-corrected chi connectivity index (χ1v) is 14.6. The Morgan fingerprint density at radius 3 is 1.86 bits per heavy atom. The molecule has 7 nitrogen and oxygen atoms in total. The first kappa shape index (κ1) is 26.4. The van der Waals surface area contributed by atoms with Gasteiger partial charge in [0.25, 0.3) is 0 Å². The highest BCUT2D eigenvalue weighted by molar-refractivity contribution is 6.08. The molecule has 0 radical (unpaired) electrons. The van der Waals surface area contributed by atoms with Crippen LogP contribution in [0.5, 0.6) is 5.75 Å². The zero-order valence-electron chi connectivity index (χ0n) is 23.4. The van der Waals surface area contributed by atoms with Crippen LogP contribution in [0.2, 0.25) is 0 Å². The van der Waals surface area contributed by atoms with Crippen molar-refractivity contribution in [2.75, 3.05) is 0 Å². The smallest absolute Gasteiger partial charge is 0.234 e. The number of para-hydroxylation sites is 1. The van der Waals surface area contributed by atoms with Crippen molar-refractivity contribution in [2.24, 2.45) is 29.6 Å². The molecule has 7 heteroatoms. The number of imide groups is 2. The molecular weight excluding hydrogens is 528 g/mol. The van der Waals surface area contributed by atoms with E-state index in [0.29, 0.717) is 24.0 Å². The Bertz CT molecular complexity index is 1630. The number of rotatable bonds is 5. The molecule has 0 bridgehead atoms. The molecule has 212 valence electrons. The van der Waals surface area contributed by atoms with E-state index in [1.165, 1.54) is 9.80 Å². The molecule has 1 N–H and O–H groups in total. The second-order valence-electron chi connectivity index (χ2n) is 12.0. The molecule has 6 unspecified atom stereocenters. The number of amides is 4. The van der Waals surface area contributed by atoms with Crippen LogP contribution in [0.25, 0.3) is 0 Å². The maximum Gasteiger partial charge on any atom is 0.234 e. The van der Waals surface area contributed by atoms with E-state index in [1.54, 1.807) is 0 Å². The summed E-state index contributed by atoms with van der Waals surface area (Å²) in [6.07, 6.45) is 2.74. The van der Waals surface area contributed by atoms with E-state index >= 15 is 0 Å². The minimum atomic E-state index is -0.680. The number of carbonyl (C=O) groups excluding carboxylic acids is 4. The summed E-state index contributed by atoms with van der Waals surface area (Å²) in [5, 5.41) is 11.2. The molecule has 0 aromatic heterocycles. The average molecular weight is 561 g/mol. The number of likely N-dealkylation sites (tertiary alicyclic amines) is 2. The Hall–Kier alpha value is -4.52. The Balaban J connectivity index is 1.29. The van der Waals surface area contributed by atoms with Crippen molar-refractivity contribution < 1.29 is 24.3 Å². The lowest BCUT2D eigenvalue weighted by molar-refractivity contribution is -0.142. The van der Waals surface area contributed by atoms with Gasteiger partial charge in [0.05, 0.1) is 36.8 Å². The Kier molecular flexibility index (Phi) is 6.34. The number of phenolic OH excluding ortho intramolecular Hbond substituents is 1. The third kappa shape index (κ3) is 4.02. The van der Waals surface area contributed by atoms with Crippen molar-refractivity contribution in [2.45, 2.75) is 38.8 Å². The molecular formula is C35H32N2O5. The molecule has 4 amide bonds. The maximum atomic E-state index is 14.1. The molecule has 2 heterocycles. The van der Waals surface area contributed by atoms with Gasteiger partial charge in [-0.3, -0.25) is 29.0 Å². The number of phenols is 1. The monoisotopic (exact) mass is 560 g/mol. The van der Waals surface area contributed by atoms with E-state index in [2.05, 4.69) is 0 Å². The lowest BCUT2D eigenvalue weighted by Gasteiger charge is -2.44. The number of hydrogen-bond acceptors (Lipinski definition) is 5. The third-order valence-corrected chi connectivity index (χ3v) is 9.80. The molecule has 6 atom stereocenters. The maximum absolute atomic E-state index is 14.1. The highest BCUT2D eigenvalue weighted by Gasteiger charge is 2.62. The van der Waals surface area contributed by atoms with Crippen molar-refractivity contribution in [1.29, 1.82) is 0 Å². The molecule has 2 aliphatic carbocycles. The lowest BCUT2D eigenvalue weighted by Crippen LogP contribution is -2.43. The van der Waals surface area contributed by atoms with Gasteiger partial charge in [0, 0.05) is 11.5 Å². The van der Waals surface area contributed by atoms with Gasteiger partial charge >= 0.3 is 0 Å². The first-order chi connectivity index (χ1) is 20.3. The van der Waals surface area contributed by atoms with Crippen LogP contribution in [-0.2, 0) is 32.3 Å². The van der Waals surface area contributed by atoms with Gasteiger partial charge in [0.1, 0.15) is 5.75 Å². The summed E-state index contributed by atoms with van der Waals surface area (Å²) < 4.78 is 0. The molecule has 3 fully saturated rings. The van der Waals surface area contributed by atoms with Crippen molar-refractivity contribution in [1.82, 2.24) is 9.80 Å². The molecule has 1 saturated carbocycles.